The van der Waals surface area contributed by atoms with E-state index in [0.29, 0.717) is 17.9 Å². The van der Waals surface area contributed by atoms with Crippen LogP contribution in [0.2, 0.25) is 0 Å². The van der Waals surface area contributed by atoms with Crippen molar-refractivity contribution >= 4 is 39.5 Å². The van der Waals surface area contributed by atoms with Gasteiger partial charge in [0.25, 0.3) is 0 Å². The Labute approximate surface area is 204 Å². The minimum atomic E-state index is -4.97. The summed E-state index contributed by atoms with van der Waals surface area (Å²) in [6, 6.07) is 10.5. The number of carbonyl (C=O) groups is 1. The largest absolute Gasteiger partial charge is 0.471 e. The minimum Gasteiger partial charge on any atom is -0.391 e. The number of pyridine rings is 1. The second-order valence-corrected chi connectivity index (χ2v) is 9.12. The fourth-order valence-electron chi connectivity index (χ4n) is 5.01. The molecule has 1 aliphatic rings. The van der Waals surface area contributed by atoms with E-state index in [2.05, 4.69) is 20.3 Å². The van der Waals surface area contributed by atoms with Crippen molar-refractivity contribution in [2.24, 2.45) is 5.92 Å². The maximum Gasteiger partial charge on any atom is 0.471 e. The number of anilines is 2. The van der Waals surface area contributed by atoms with Gasteiger partial charge in [-0.3, -0.25) is 4.79 Å². The van der Waals surface area contributed by atoms with Crippen LogP contribution in [-0.4, -0.2) is 49.9 Å². The number of hydrogen-bond donors (Lipinski definition) is 3. The molecule has 0 bridgehead atoms. The maximum atomic E-state index is 12.5. The van der Waals surface area contributed by atoms with Gasteiger partial charge in [0, 0.05) is 18.6 Å². The van der Waals surface area contributed by atoms with Crippen LogP contribution in [0, 0.1) is 5.92 Å². The normalized spacial score (nSPS) is 20.2. The Morgan fingerprint density at radius 3 is 2.75 bits per heavy atom. The Morgan fingerprint density at radius 1 is 1.17 bits per heavy atom. The molecule has 3 aromatic heterocycles. The van der Waals surface area contributed by atoms with Gasteiger partial charge >= 0.3 is 12.1 Å². The molecule has 1 fully saturated rings. The van der Waals surface area contributed by atoms with Crippen molar-refractivity contribution in [3.8, 4) is 0 Å². The molecule has 0 radical (unpaired) electrons. The number of nitrogens with zero attached hydrogens (tertiary/aromatic N) is 4. The summed E-state index contributed by atoms with van der Waals surface area (Å²) >= 11 is 0. The van der Waals surface area contributed by atoms with Gasteiger partial charge in [0.05, 0.1) is 23.0 Å². The zero-order chi connectivity index (χ0) is 25.4. The first kappa shape index (κ1) is 24.0. The first-order valence-electron chi connectivity index (χ1n) is 11.7. The van der Waals surface area contributed by atoms with Crippen LogP contribution in [0.4, 0.5) is 24.8 Å². The van der Waals surface area contributed by atoms with Crippen LogP contribution >= 0.6 is 0 Å². The highest BCUT2D eigenvalue weighted by Crippen LogP contribution is 2.39. The lowest BCUT2D eigenvalue weighted by molar-refractivity contribution is -0.167. The summed E-state index contributed by atoms with van der Waals surface area (Å²) in [5, 5.41) is 17.3. The highest BCUT2D eigenvalue weighted by Gasteiger charge is 2.39. The van der Waals surface area contributed by atoms with E-state index in [9.17, 15) is 23.1 Å². The molecule has 36 heavy (non-hydrogen) atoms. The minimum absolute atomic E-state index is 0.0785. The van der Waals surface area contributed by atoms with Crippen LogP contribution in [0.15, 0.2) is 48.9 Å². The van der Waals surface area contributed by atoms with E-state index < -0.39 is 18.2 Å². The van der Waals surface area contributed by atoms with E-state index >= 15 is 0 Å². The third kappa shape index (κ3) is 4.70. The van der Waals surface area contributed by atoms with Gasteiger partial charge in [0.15, 0.2) is 0 Å². The third-order valence-corrected chi connectivity index (χ3v) is 6.79. The standard InChI is InChI=1S/C25H25F3N6O2/c1-29-22-17-8-9-34(23(17)31-13-30-22)19-11-15(12-20(19)35)3-2-14-4-5-16-6-7-21(32-18(16)10-14)33-24(36)25(26,27)28/h4-10,13,15,19-20,35H,2-3,11-12H2,1H3,(H,29,30,31)(H,32,33,36)/t15?,19?,20-/m1/s1. The van der Waals surface area contributed by atoms with Crippen LogP contribution < -0.4 is 10.6 Å². The van der Waals surface area contributed by atoms with Gasteiger partial charge in [-0.05, 0) is 61.4 Å². The van der Waals surface area contributed by atoms with E-state index in [1.807, 2.05) is 35.0 Å². The van der Waals surface area contributed by atoms with E-state index in [-0.39, 0.29) is 11.9 Å². The zero-order valence-electron chi connectivity index (χ0n) is 19.5. The highest BCUT2D eigenvalue weighted by atomic mass is 19.4. The van der Waals surface area contributed by atoms with Crippen LogP contribution in [0.3, 0.4) is 0 Å². The van der Waals surface area contributed by atoms with Crippen molar-refractivity contribution in [3.05, 3.63) is 54.5 Å². The molecule has 1 amide bonds. The van der Waals surface area contributed by atoms with Crippen molar-refractivity contribution in [2.45, 2.75) is 44.0 Å². The Bertz CT molecular complexity index is 1420. The van der Waals surface area contributed by atoms with Crippen LogP contribution in [0.5, 0.6) is 0 Å². The fraction of sp³-hybridized carbons (Fsp3) is 0.360. The molecule has 1 saturated carbocycles. The van der Waals surface area contributed by atoms with E-state index in [4.69, 9.17) is 0 Å². The van der Waals surface area contributed by atoms with Crippen molar-refractivity contribution in [1.29, 1.82) is 0 Å². The Morgan fingerprint density at radius 2 is 1.97 bits per heavy atom. The molecule has 3 heterocycles. The summed E-state index contributed by atoms with van der Waals surface area (Å²) in [6.45, 7) is 0. The molecule has 188 valence electrons. The van der Waals surface area contributed by atoms with Gasteiger partial charge in [-0.2, -0.15) is 13.2 Å². The van der Waals surface area contributed by atoms with Crippen LogP contribution in [0.1, 0.15) is 30.9 Å². The lowest BCUT2D eigenvalue weighted by Gasteiger charge is -2.17. The molecule has 1 aromatic carbocycles. The first-order chi connectivity index (χ1) is 17.2. The zero-order valence-corrected chi connectivity index (χ0v) is 19.5. The number of rotatable bonds is 6. The molecule has 5 rings (SSSR count). The molecule has 3 N–H and O–H groups in total. The van der Waals surface area contributed by atoms with Gasteiger partial charge in [-0.1, -0.05) is 12.1 Å². The average molecular weight is 499 g/mol. The van der Waals surface area contributed by atoms with Crippen molar-refractivity contribution in [3.63, 3.8) is 0 Å². The van der Waals surface area contributed by atoms with Gasteiger partial charge < -0.3 is 20.3 Å². The second kappa shape index (κ2) is 9.38. The van der Waals surface area contributed by atoms with Gasteiger partial charge in [0.1, 0.15) is 23.6 Å². The number of hydrogen-bond acceptors (Lipinski definition) is 6. The number of nitrogens with one attached hydrogen (secondary N) is 2. The molecule has 8 nitrogen and oxygen atoms in total. The number of aliphatic hydroxyl groups is 1. The SMILES string of the molecule is CNc1ncnc2c1ccn2C1CC(CCc2ccc3ccc(NC(=O)C(F)(F)F)nc3c2)C[C@H]1O. The number of aryl methyl sites for hydroxylation is 1. The summed E-state index contributed by atoms with van der Waals surface area (Å²) in [6.07, 6.45) is 1.06. The molecule has 11 heteroatoms. The summed E-state index contributed by atoms with van der Waals surface area (Å²) in [4.78, 5) is 24.1. The molecule has 4 aromatic rings. The third-order valence-electron chi connectivity index (χ3n) is 6.79. The summed E-state index contributed by atoms with van der Waals surface area (Å²) in [5.74, 6) is -1.15. The number of aliphatic hydroxyl groups excluding tert-OH is 1. The summed E-state index contributed by atoms with van der Waals surface area (Å²) in [5.41, 5.74) is 2.29. The van der Waals surface area contributed by atoms with Gasteiger partial charge in [-0.25, -0.2) is 15.0 Å². The number of fused-ring (bicyclic) bond motifs is 2. The predicted molar refractivity (Wildman–Crippen MR) is 130 cm³/mol. The Hall–Kier alpha value is -3.73. The van der Waals surface area contributed by atoms with E-state index in [1.54, 1.807) is 18.4 Å². The van der Waals surface area contributed by atoms with E-state index in [0.717, 1.165) is 47.1 Å². The predicted octanol–water partition coefficient (Wildman–Crippen LogP) is 4.47. The molecule has 0 aliphatic heterocycles. The van der Waals surface area contributed by atoms with Crippen molar-refractivity contribution in [2.75, 3.05) is 17.7 Å². The van der Waals surface area contributed by atoms with Crippen LogP contribution in [0.25, 0.3) is 21.9 Å². The van der Waals surface area contributed by atoms with E-state index in [1.165, 1.54) is 12.4 Å². The Kier molecular flexibility index (Phi) is 6.25. The first-order valence-corrected chi connectivity index (χ1v) is 11.7. The average Bonchev–Trinajstić information content (AvgIpc) is 3.44. The van der Waals surface area contributed by atoms with Gasteiger partial charge in [-0.15, -0.1) is 0 Å². The summed E-state index contributed by atoms with van der Waals surface area (Å²) in [7, 11) is 1.81. The number of carbonyl (C=O) groups excluding carboxylic acids is 1. The smallest absolute Gasteiger partial charge is 0.391 e. The van der Waals surface area contributed by atoms with Crippen molar-refractivity contribution in [1.82, 2.24) is 19.5 Å². The Balaban J connectivity index is 1.27. The number of halogens is 3. The van der Waals surface area contributed by atoms with Gasteiger partial charge in [0.2, 0.25) is 0 Å². The molecule has 1 aliphatic carbocycles. The topological polar surface area (TPSA) is 105 Å². The number of alkyl halides is 3. The second-order valence-electron chi connectivity index (χ2n) is 9.12. The highest BCUT2D eigenvalue weighted by molar-refractivity contribution is 5.95. The van der Waals surface area contributed by atoms with Crippen molar-refractivity contribution < 1.29 is 23.1 Å². The molecule has 3 atom stereocenters. The molecular formula is C25H25F3N6O2. The number of aromatic nitrogens is 4. The molecule has 0 saturated heterocycles. The van der Waals surface area contributed by atoms with Crippen LogP contribution in [-0.2, 0) is 11.2 Å². The maximum absolute atomic E-state index is 12.5. The fourth-order valence-corrected chi connectivity index (χ4v) is 5.01. The lowest BCUT2D eigenvalue weighted by atomic mass is 9.97. The number of amides is 1. The lowest BCUT2D eigenvalue weighted by Crippen LogP contribution is -2.30. The summed E-state index contributed by atoms with van der Waals surface area (Å²) < 4.78 is 39.7. The number of benzene rings is 1. The quantitative estimate of drug-likeness (QED) is 0.362. The molecular weight excluding hydrogens is 473 g/mol. The molecule has 0 spiro atoms. The monoisotopic (exact) mass is 498 g/mol. The molecule has 2 unspecified atom stereocenters.